The van der Waals surface area contributed by atoms with Crippen LogP contribution in [0.15, 0.2) is 0 Å². The molecule has 1 saturated carbocycles. The van der Waals surface area contributed by atoms with Gasteiger partial charge in [-0.15, -0.1) is 0 Å². The van der Waals surface area contributed by atoms with Crippen molar-refractivity contribution >= 4 is 17.8 Å². The van der Waals surface area contributed by atoms with Gasteiger partial charge in [0.1, 0.15) is 0 Å². The lowest BCUT2D eigenvalue weighted by Gasteiger charge is -2.41. The lowest BCUT2D eigenvalue weighted by molar-refractivity contribution is -0.176. The summed E-state index contributed by atoms with van der Waals surface area (Å²) >= 11 is 0. The van der Waals surface area contributed by atoms with E-state index >= 15 is 0 Å². The SMILES string of the molecule is CCOC(=O)C1CCCN(C(=O)C23CCC(C)(C(=O)O2)C3(C)C)C1. The van der Waals surface area contributed by atoms with Crippen LogP contribution >= 0.6 is 0 Å². The van der Waals surface area contributed by atoms with Gasteiger partial charge in [-0.3, -0.25) is 14.4 Å². The molecule has 0 N–H and O–H groups in total. The van der Waals surface area contributed by atoms with Gasteiger partial charge in [0.05, 0.1) is 17.9 Å². The number of carbonyl (C=O) groups is 3. The van der Waals surface area contributed by atoms with Crippen molar-refractivity contribution in [1.29, 1.82) is 0 Å². The Balaban J connectivity index is 1.82. The van der Waals surface area contributed by atoms with Crippen LogP contribution in [0.25, 0.3) is 0 Å². The van der Waals surface area contributed by atoms with Gasteiger partial charge < -0.3 is 14.4 Å². The monoisotopic (exact) mass is 337 g/mol. The van der Waals surface area contributed by atoms with Crippen LogP contribution in [0, 0.1) is 16.7 Å². The minimum absolute atomic E-state index is 0.143. The van der Waals surface area contributed by atoms with Crippen LogP contribution in [-0.2, 0) is 23.9 Å². The van der Waals surface area contributed by atoms with Gasteiger partial charge in [-0.05, 0) is 39.5 Å². The molecule has 2 bridgehead atoms. The Labute approximate surface area is 142 Å². The highest BCUT2D eigenvalue weighted by Gasteiger charge is 2.76. The average molecular weight is 337 g/mol. The Morgan fingerprint density at radius 1 is 1.29 bits per heavy atom. The lowest BCUT2D eigenvalue weighted by atomic mass is 9.66. The van der Waals surface area contributed by atoms with Crippen molar-refractivity contribution in [3.05, 3.63) is 0 Å². The molecule has 2 aliphatic heterocycles. The van der Waals surface area contributed by atoms with E-state index in [1.54, 1.807) is 11.8 Å². The van der Waals surface area contributed by atoms with Gasteiger partial charge in [-0.25, -0.2) is 0 Å². The first kappa shape index (κ1) is 17.2. The number of piperidine rings is 1. The highest BCUT2D eigenvalue weighted by Crippen LogP contribution is 2.66. The van der Waals surface area contributed by atoms with E-state index < -0.39 is 16.4 Å². The van der Waals surface area contributed by atoms with Gasteiger partial charge in [0.15, 0.2) is 5.60 Å². The normalized spacial score (nSPS) is 37.2. The van der Waals surface area contributed by atoms with Gasteiger partial charge in [-0.1, -0.05) is 13.8 Å². The van der Waals surface area contributed by atoms with Crippen molar-refractivity contribution in [2.75, 3.05) is 19.7 Å². The largest absolute Gasteiger partial charge is 0.466 e. The minimum atomic E-state index is -1.09. The molecule has 1 aliphatic carbocycles. The quantitative estimate of drug-likeness (QED) is 0.736. The molecule has 2 heterocycles. The van der Waals surface area contributed by atoms with Crippen molar-refractivity contribution in [1.82, 2.24) is 4.90 Å². The van der Waals surface area contributed by atoms with E-state index in [1.807, 2.05) is 20.8 Å². The number of fused-ring (bicyclic) bond motifs is 2. The number of hydrogen-bond donors (Lipinski definition) is 0. The van der Waals surface area contributed by atoms with Crippen LogP contribution in [0.5, 0.6) is 0 Å². The van der Waals surface area contributed by atoms with Gasteiger partial charge in [0.25, 0.3) is 5.91 Å². The highest BCUT2D eigenvalue weighted by molar-refractivity contribution is 5.96. The van der Waals surface area contributed by atoms with Crippen molar-refractivity contribution in [3.63, 3.8) is 0 Å². The summed E-state index contributed by atoms with van der Waals surface area (Å²) in [4.78, 5) is 39.4. The summed E-state index contributed by atoms with van der Waals surface area (Å²) in [6.07, 6.45) is 2.72. The van der Waals surface area contributed by atoms with Crippen molar-refractivity contribution in [2.45, 2.75) is 59.0 Å². The number of hydrogen-bond acceptors (Lipinski definition) is 5. The topological polar surface area (TPSA) is 72.9 Å². The third-order valence-corrected chi connectivity index (χ3v) is 6.76. The molecule has 0 aromatic heterocycles. The third-order valence-electron chi connectivity index (χ3n) is 6.76. The predicted octanol–water partition coefficient (Wildman–Crippen LogP) is 1.91. The first-order valence-electron chi connectivity index (χ1n) is 8.89. The fourth-order valence-corrected chi connectivity index (χ4v) is 4.59. The van der Waals surface area contributed by atoms with Gasteiger partial charge in [0, 0.05) is 18.5 Å². The molecule has 0 aromatic rings. The molecule has 24 heavy (non-hydrogen) atoms. The van der Waals surface area contributed by atoms with Crippen LogP contribution < -0.4 is 0 Å². The molecule has 1 amide bonds. The second-order valence-electron chi connectivity index (χ2n) is 8.02. The summed E-state index contributed by atoms with van der Waals surface area (Å²) < 4.78 is 10.8. The van der Waals surface area contributed by atoms with Crippen LogP contribution in [0.2, 0.25) is 0 Å². The molecule has 134 valence electrons. The number of nitrogens with zero attached hydrogens (tertiary/aromatic N) is 1. The maximum Gasteiger partial charge on any atom is 0.313 e. The molecule has 0 aromatic carbocycles. The van der Waals surface area contributed by atoms with E-state index in [-0.39, 0.29) is 23.8 Å². The number of carbonyl (C=O) groups excluding carboxylic acids is 3. The van der Waals surface area contributed by atoms with Crippen molar-refractivity contribution in [3.8, 4) is 0 Å². The highest BCUT2D eigenvalue weighted by atomic mass is 16.6. The standard InChI is InChI=1S/C18H27NO5/c1-5-23-13(20)12-7-6-10-19(11-12)14(21)18-9-8-17(4,15(22)24-18)16(18,2)3/h12H,5-11H2,1-4H3. The number of rotatable bonds is 3. The Hall–Kier alpha value is -1.59. The number of likely N-dealkylation sites (tertiary alicyclic amines) is 1. The number of amides is 1. The summed E-state index contributed by atoms with van der Waals surface area (Å²) in [5, 5.41) is 0. The zero-order valence-electron chi connectivity index (χ0n) is 15.0. The van der Waals surface area contributed by atoms with E-state index in [1.165, 1.54) is 0 Å². The fourth-order valence-electron chi connectivity index (χ4n) is 4.59. The van der Waals surface area contributed by atoms with Crippen LogP contribution in [-0.4, -0.2) is 48.0 Å². The molecule has 0 radical (unpaired) electrons. The van der Waals surface area contributed by atoms with Crippen LogP contribution in [0.3, 0.4) is 0 Å². The molecule has 0 spiro atoms. The van der Waals surface area contributed by atoms with E-state index in [0.717, 1.165) is 12.8 Å². The predicted molar refractivity (Wildman–Crippen MR) is 85.9 cm³/mol. The number of ether oxygens (including phenoxy) is 2. The zero-order valence-corrected chi connectivity index (χ0v) is 15.0. The maximum absolute atomic E-state index is 13.3. The molecule has 3 rings (SSSR count). The summed E-state index contributed by atoms with van der Waals surface area (Å²) in [5.74, 6) is -0.944. The second-order valence-corrected chi connectivity index (χ2v) is 8.02. The summed E-state index contributed by atoms with van der Waals surface area (Å²) in [5.41, 5.74) is -2.25. The molecule has 2 saturated heterocycles. The Morgan fingerprint density at radius 2 is 2.00 bits per heavy atom. The van der Waals surface area contributed by atoms with Gasteiger partial charge in [0.2, 0.25) is 0 Å². The lowest BCUT2D eigenvalue weighted by Crippen LogP contribution is -2.57. The minimum Gasteiger partial charge on any atom is -0.466 e. The molecule has 6 nitrogen and oxygen atoms in total. The molecule has 3 aliphatic rings. The van der Waals surface area contributed by atoms with Crippen LogP contribution in [0.1, 0.15) is 53.4 Å². The second kappa shape index (κ2) is 5.46. The average Bonchev–Trinajstić information content (AvgIpc) is 2.85. The molecular weight excluding hydrogens is 310 g/mol. The fraction of sp³-hybridized carbons (Fsp3) is 0.833. The summed E-state index contributed by atoms with van der Waals surface area (Å²) in [6.45, 7) is 8.88. The van der Waals surface area contributed by atoms with Crippen LogP contribution in [0.4, 0.5) is 0 Å². The van der Waals surface area contributed by atoms with Crippen molar-refractivity contribution < 1.29 is 23.9 Å². The number of esters is 2. The molecule has 6 heteroatoms. The zero-order chi connectivity index (χ0) is 17.8. The van der Waals surface area contributed by atoms with E-state index in [4.69, 9.17) is 9.47 Å². The maximum atomic E-state index is 13.3. The van der Waals surface area contributed by atoms with E-state index in [0.29, 0.717) is 32.5 Å². The Morgan fingerprint density at radius 3 is 2.54 bits per heavy atom. The molecule has 3 fully saturated rings. The van der Waals surface area contributed by atoms with E-state index in [2.05, 4.69) is 0 Å². The van der Waals surface area contributed by atoms with Gasteiger partial charge >= 0.3 is 11.9 Å². The first-order chi connectivity index (χ1) is 11.2. The van der Waals surface area contributed by atoms with Gasteiger partial charge in [-0.2, -0.15) is 0 Å². The van der Waals surface area contributed by atoms with E-state index in [9.17, 15) is 14.4 Å². The Kier molecular flexibility index (Phi) is 3.92. The molecule has 3 atom stereocenters. The third kappa shape index (κ3) is 2.04. The smallest absolute Gasteiger partial charge is 0.313 e. The molecule has 3 unspecified atom stereocenters. The Bertz CT molecular complexity index is 586. The summed E-state index contributed by atoms with van der Waals surface area (Å²) in [6, 6.07) is 0. The van der Waals surface area contributed by atoms with Crippen molar-refractivity contribution in [2.24, 2.45) is 16.7 Å². The first-order valence-corrected chi connectivity index (χ1v) is 8.89. The summed E-state index contributed by atoms with van der Waals surface area (Å²) in [7, 11) is 0. The molecular formula is C18H27NO5.